The van der Waals surface area contributed by atoms with Crippen molar-refractivity contribution in [1.82, 2.24) is 4.98 Å². The summed E-state index contributed by atoms with van der Waals surface area (Å²) in [6.07, 6.45) is 11.8. The predicted octanol–water partition coefficient (Wildman–Crippen LogP) is 31.0. The maximum Gasteiger partial charge on any atom is 0.230 e. The summed E-state index contributed by atoms with van der Waals surface area (Å²) in [5, 5.41) is 21.4. The quantitative estimate of drug-likeness (QED) is 0.158. The van der Waals surface area contributed by atoms with E-state index in [0.717, 1.165) is 112 Å². The molecule has 0 fully saturated rings. The Hall–Kier alpha value is -13.6. The van der Waals surface area contributed by atoms with Gasteiger partial charge in [0.15, 0.2) is 31.0 Å². The summed E-state index contributed by atoms with van der Waals surface area (Å²) in [4.78, 5) is 4.79. The van der Waals surface area contributed by atoms with E-state index >= 15 is 0 Å². The third kappa shape index (κ3) is 14.5. The summed E-state index contributed by atoms with van der Waals surface area (Å²) in [5.41, 5.74) is 19.6. The second-order valence-corrected chi connectivity index (χ2v) is 39.0. The van der Waals surface area contributed by atoms with Crippen LogP contribution in [0.15, 0.2) is 328 Å². The highest BCUT2D eigenvalue weighted by Crippen LogP contribution is 2.49. The zero-order valence-electron chi connectivity index (χ0n) is 88.4. The average molecular weight is 1790 g/mol. The van der Waals surface area contributed by atoms with Crippen LogP contribution in [0.5, 0.6) is 0 Å². The smallest absolute Gasteiger partial charge is 0.230 e. The molecule has 25 rings (SSSR count). The molecule has 0 radical (unpaired) electrons. The molecule has 25 aromatic rings. The molecule has 11 heteroatoms. The SMILES string of the molecule is Cc1ccccc1-c1c2sc3c4ccccc4cnc3c2cc[n+]1C.[2H]C([2H])([2H])c1c[n+](C)c(-c2ccccc2C)c2sc3c4ccccc4ccc3c12.[2H]C([2H])([2H])c1ccc(-c2c3sc4c5ccccc5ccc4c3c(C([2H])([2H])[2H])c[n+]2C)c(C)c1.[2H]C([2H])([2H])c1ccc(-c2c3sc4c5ccccc5ccc4c3cc[n+]2C)c(C)c1.[2H]C([2H])([2H])c1ccc2c(ccc3c4cc[n+](C)c(-c5ccccc5C)c4sc23)c1. The second-order valence-electron chi connectivity index (χ2n) is 33.9. The van der Waals surface area contributed by atoms with E-state index < -0.39 is 34.3 Å². The third-order valence-corrected chi connectivity index (χ3v) is 31.8. The molecule has 0 aliphatic heterocycles. The van der Waals surface area contributed by atoms with Gasteiger partial charge in [-0.25, -0.2) is 0 Å². The van der Waals surface area contributed by atoms with Gasteiger partial charge < -0.3 is 0 Å². The van der Waals surface area contributed by atoms with E-state index in [-0.39, 0.29) is 0 Å². The normalized spacial score (nSPS) is 13.8. The van der Waals surface area contributed by atoms with Crippen LogP contribution in [0.3, 0.4) is 0 Å². The summed E-state index contributed by atoms with van der Waals surface area (Å²) in [7, 11) is 10.1. The number of rotatable bonds is 5. The van der Waals surface area contributed by atoms with E-state index in [1.165, 1.54) is 127 Å². The van der Waals surface area contributed by atoms with Crippen molar-refractivity contribution in [3.63, 3.8) is 0 Å². The first kappa shape index (κ1) is 67.6. The Labute approximate surface area is 798 Å². The average Bonchev–Trinajstić information content (AvgIpc) is 1.59. The standard InChI is InChI=1S/C25H22NS.3C24H20NS.C22H17N2S/c1-15-9-11-19(16(2)13-15)23-25-22(17(3)14-26(23)4)21-12-10-18-7-5-6-8-20(18)24(21)27-25;1-15-8-4-6-10-18(15)22-24-21(16(2)14-25(22)3)20-13-12-17-9-5-7-11-19(17)23(20)26-24;1-15-8-10-18(16(2)14-15)22-24-21(12-13-25(22)3)20-11-9-17-6-4-5-7-19(17)23(20)26-24;1-15-8-10-19-17(14-15)9-11-20-21-12-13-25(3)22(24(21)26-23(19)20)18-7-5-4-6-16(18)2;1-14-7-3-5-9-16(14)20-22-18(11-12-24(20)2)19-21(25-22)17-10-6-4-8-15(17)13-23-19/h5-14H,1-4H3;3*4-14H,1-3H3;3-13H,1-2H3/q5*+1/i1D3,3D3;2D3;2*1D3;. The van der Waals surface area contributed by atoms with Crippen LogP contribution in [-0.2, 0) is 35.2 Å². The van der Waals surface area contributed by atoms with E-state index in [1.807, 2.05) is 146 Å². The maximum atomic E-state index is 8.20. The highest BCUT2D eigenvalue weighted by atomic mass is 32.1. The van der Waals surface area contributed by atoms with Gasteiger partial charge in [-0.3, -0.25) is 4.98 Å². The zero-order chi connectivity index (χ0) is 102. The zero-order valence-corrected chi connectivity index (χ0v) is 77.5. The van der Waals surface area contributed by atoms with Gasteiger partial charge in [-0.05, 0) is 170 Å². The van der Waals surface area contributed by atoms with Gasteiger partial charge in [-0.15, -0.1) is 56.7 Å². The number of nitrogens with zero attached hydrogens (tertiary/aromatic N) is 6. The molecule has 630 valence electrons. The molecule has 0 bridgehead atoms. The highest BCUT2D eigenvalue weighted by Gasteiger charge is 2.29. The molecule has 0 aliphatic rings. The highest BCUT2D eigenvalue weighted by molar-refractivity contribution is 7.29. The Morgan fingerprint density at radius 1 is 0.223 bits per heavy atom. The Morgan fingerprint density at radius 2 is 0.531 bits per heavy atom. The number of fused-ring (bicyclic) bond motifs is 25. The van der Waals surface area contributed by atoms with Crippen molar-refractivity contribution in [2.45, 2.75) is 68.9 Å². The fourth-order valence-electron chi connectivity index (χ4n) is 19.1. The minimum Gasteiger partial charge on any atom is -0.254 e. The first-order valence-corrected chi connectivity index (χ1v) is 47.4. The number of aromatic nitrogens is 6. The minimum atomic E-state index is -2.27. The van der Waals surface area contributed by atoms with Crippen LogP contribution in [0.1, 0.15) is 76.2 Å². The van der Waals surface area contributed by atoms with Gasteiger partial charge in [0.25, 0.3) is 0 Å². The van der Waals surface area contributed by atoms with Crippen LogP contribution in [-0.4, -0.2) is 4.98 Å². The van der Waals surface area contributed by atoms with Crippen molar-refractivity contribution in [3.05, 3.63) is 384 Å². The topological polar surface area (TPSA) is 32.3 Å². The van der Waals surface area contributed by atoms with Crippen molar-refractivity contribution in [2.75, 3.05) is 0 Å². The Morgan fingerprint density at radius 3 is 0.954 bits per heavy atom. The molecule has 0 aliphatic carbocycles. The number of thiophene rings is 5. The number of pyridine rings is 6. The maximum absolute atomic E-state index is 8.20. The van der Waals surface area contributed by atoms with Crippen LogP contribution in [0, 0.1) is 68.9 Å². The van der Waals surface area contributed by atoms with E-state index in [4.69, 9.17) is 25.5 Å². The van der Waals surface area contributed by atoms with Gasteiger partial charge in [-0.1, -0.05) is 259 Å². The first-order valence-electron chi connectivity index (χ1n) is 50.8. The van der Waals surface area contributed by atoms with Gasteiger partial charge in [-0.2, -0.15) is 22.8 Å². The summed E-state index contributed by atoms with van der Waals surface area (Å²) in [6, 6.07) is 98.3. The molecule has 6 nitrogen and oxygen atoms in total. The lowest BCUT2D eigenvalue weighted by Gasteiger charge is -2.08. The predicted molar refractivity (Wildman–Crippen MR) is 562 cm³/mol. The van der Waals surface area contributed by atoms with Crippen LogP contribution in [0.25, 0.3) is 211 Å². The molecule has 14 aromatic carbocycles. The number of hydrogen-bond acceptors (Lipinski definition) is 6. The van der Waals surface area contributed by atoms with Crippen molar-refractivity contribution >= 4 is 212 Å². The Bertz CT molecular complexity index is 9610. The molecule has 11 heterocycles. The van der Waals surface area contributed by atoms with E-state index in [2.05, 4.69) is 249 Å². The first-order chi connectivity index (χ1) is 69.2. The minimum absolute atomic E-state index is 0.295. The fourth-order valence-corrected chi connectivity index (χ4v) is 26.3. The molecular formula is C119H99N6S5+5. The van der Waals surface area contributed by atoms with Crippen LogP contribution in [0.2, 0.25) is 0 Å². The van der Waals surface area contributed by atoms with Gasteiger partial charge in [0.1, 0.15) is 58.7 Å². The summed E-state index contributed by atoms with van der Waals surface area (Å²) in [5.74, 6) is 0. The van der Waals surface area contributed by atoms with Crippen LogP contribution >= 0.6 is 56.7 Å². The van der Waals surface area contributed by atoms with Crippen molar-refractivity contribution in [1.29, 1.82) is 0 Å². The molecular weight excluding hydrogens is 1670 g/mol. The third-order valence-electron chi connectivity index (χ3n) is 25.5. The van der Waals surface area contributed by atoms with Gasteiger partial charge in [0.05, 0.1) is 38.0 Å². The summed E-state index contributed by atoms with van der Waals surface area (Å²) in [6.45, 7) is -0.493. The molecule has 0 atom stereocenters. The lowest BCUT2D eigenvalue weighted by atomic mass is 9.99. The summed E-state index contributed by atoms with van der Waals surface area (Å²) >= 11 is 8.74. The molecule has 0 saturated heterocycles. The molecule has 0 unspecified atom stereocenters. The molecule has 11 aromatic heterocycles. The van der Waals surface area contributed by atoms with Gasteiger partial charge in [0.2, 0.25) is 28.5 Å². The molecule has 130 heavy (non-hydrogen) atoms. The van der Waals surface area contributed by atoms with Crippen LogP contribution < -0.4 is 22.8 Å². The molecule has 0 spiro atoms. The van der Waals surface area contributed by atoms with Crippen molar-refractivity contribution < 1.29 is 43.4 Å². The Kier molecular flexibility index (Phi) is 17.6. The monoisotopic (exact) mass is 1790 g/mol. The number of benzene rings is 14. The van der Waals surface area contributed by atoms with Crippen molar-refractivity contribution in [2.24, 2.45) is 35.2 Å². The van der Waals surface area contributed by atoms with Crippen LogP contribution in [0.4, 0.5) is 0 Å². The van der Waals surface area contributed by atoms with E-state index in [9.17, 15) is 0 Å². The second kappa shape index (κ2) is 33.8. The largest absolute Gasteiger partial charge is 0.254 e. The molecule has 0 saturated carbocycles. The molecule has 0 N–H and O–H groups in total. The van der Waals surface area contributed by atoms with Gasteiger partial charge >= 0.3 is 0 Å². The fraction of sp³-hybridized carbons (Fsp3) is 0.126. The lowest BCUT2D eigenvalue weighted by Crippen LogP contribution is -2.31. The number of hydrogen-bond donors (Lipinski definition) is 0. The molecule has 0 amide bonds. The number of aryl methyl sites for hydroxylation is 15. The Balaban J connectivity index is 0.000000107. The van der Waals surface area contributed by atoms with E-state index in [1.54, 1.807) is 82.8 Å². The van der Waals surface area contributed by atoms with Gasteiger partial charge in [0, 0.05) is 134 Å². The lowest BCUT2D eigenvalue weighted by molar-refractivity contribution is -0.659. The van der Waals surface area contributed by atoms with E-state index in [0.29, 0.717) is 27.8 Å². The summed E-state index contributed by atoms with van der Waals surface area (Å²) < 4.78 is 141. The van der Waals surface area contributed by atoms with Crippen molar-refractivity contribution in [3.8, 4) is 56.3 Å².